The normalized spacial score (nSPS) is 12.1. The number of alkyl halides is 3. The first-order chi connectivity index (χ1) is 19.3. The van der Waals surface area contributed by atoms with Crippen molar-refractivity contribution in [1.82, 2.24) is 9.99 Å². The number of aromatic nitrogens is 1. The molecule has 1 aromatic heterocycles. The van der Waals surface area contributed by atoms with Gasteiger partial charge in [-0.1, -0.05) is 53.5 Å². The van der Waals surface area contributed by atoms with E-state index in [1.165, 1.54) is 30.5 Å². The highest BCUT2D eigenvalue weighted by Crippen LogP contribution is 2.38. The average molecular weight is 623 g/mol. The summed E-state index contributed by atoms with van der Waals surface area (Å²) in [6, 6.07) is 18.8. The number of carbonyl (C=O) groups excluding carboxylic acids is 1. The second-order valence-electron chi connectivity index (χ2n) is 8.89. The zero-order valence-corrected chi connectivity index (χ0v) is 24.0. The smallest absolute Gasteiger partial charge is 0.316 e. The van der Waals surface area contributed by atoms with Gasteiger partial charge in [0.15, 0.2) is 0 Å². The zero-order chi connectivity index (χ0) is 29.9. The van der Waals surface area contributed by atoms with Crippen LogP contribution in [0.2, 0.25) is 10.0 Å². The number of nitrogens with one attached hydrogen (secondary N) is 1. The van der Waals surface area contributed by atoms with Crippen molar-refractivity contribution in [2.45, 2.75) is 24.9 Å². The standard InChI is InChI=1S/C28H23Cl2F3N4O3S/c1-18-14-20(19(2)37(18)26-11-7-6-10-25(26)30)16-34-35-27(38)17-36(41(39,40)22-8-4-3-5-9-22)21-12-13-24(29)23(15-21)28(31,32)33/h3-16H,17H2,1-2H3,(H,35,38)/b34-16-. The maximum absolute atomic E-state index is 13.5. The van der Waals surface area contributed by atoms with Crippen LogP contribution in [0.15, 0.2) is 88.9 Å². The van der Waals surface area contributed by atoms with Crippen LogP contribution in [0.5, 0.6) is 0 Å². The van der Waals surface area contributed by atoms with E-state index in [1.54, 1.807) is 12.1 Å². The number of hydrazone groups is 1. The second-order valence-corrected chi connectivity index (χ2v) is 11.6. The van der Waals surface area contributed by atoms with Crippen LogP contribution < -0.4 is 9.73 Å². The van der Waals surface area contributed by atoms with E-state index < -0.39 is 44.9 Å². The minimum Gasteiger partial charge on any atom is -0.316 e. The Morgan fingerprint density at radius 2 is 1.63 bits per heavy atom. The van der Waals surface area contributed by atoms with Crippen molar-refractivity contribution in [3.05, 3.63) is 111 Å². The third kappa shape index (κ3) is 6.58. The van der Waals surface area contributed by atoms with Crippen LogP contribution in [0.4, 0.5) is 18.9 Å². The molecule has 0 aliphatic heterocycles. The summed E-state index contributed by atoms with van der Waals surface area (Å²) in [5, 5.41) is 3.89. The van der Waals surface area contributed by atoms with Crippen molar-refractivity contribution in [2.75, 3.05) is 10.8 Å². The number of hydrogen-bond donors (Lipinski definition) is 1. The van der Waals surface area contributed by atoms with E-state index in [1.807, 2.05) is 42.7 Å². The fourth-order valence-corrected chi connectivity index (χ4v) is 6.06. The van der Waals surface area contributed by atoms with Crippen LogP contribution >= 0.6 is 23.2 Å². The lowest BCUT2D eigenvalue weighted by Crippen LogP contribution is -2.39. The first-order valence-corrected chi connectivity index (χ1v) is 14.2. The maximum Gasteiger partial charge on any atom is 0.417 e. The molecule has 41 heavy (non-hydrogen) atoms. The predicted molar refractivity (Wildman–Crippen MR) is 153 cm³/mol. The van der Waals surface area contributed by atoms with Gasteiger partial charge in [0.1, 0.15) is 6.54 Å². The van der Waals surface area contributed by atoms with Gasteiger partial charge >= 0.3 is 6.18 Å². The van der Waals surface area contributed by atoms with Crippen molar-refractivity contribution in [3.63, 3.8) is 0 Å². The van der Waals surface area contributed by atoms with Crippen LogP contribution in [0, 0.1) is 13.8 Å². The molecule has 1 N–H and O–H groups in total. The molecule has 214 valence electrons. The summed E-state index contributed by atoms with van der Waals surface area (Å²) in [5.41, 5.74) is 3.68. The zero-order valence-electron chi connectivity index (χ0n) is 21.7. The number of halogens is 5. The minimum atomic E-state index is -4.85. The van der Waals surface area contributed by atoms with Gasteiger partial charge in [-0.25, -0.2) is 13.8 Å². The number of hydrogen-bond acceptors (Lipinski definition) is 4. The van der Waals surface area contributed by atoms with E-state index in [4.69, 9.17) is 23.2 Å². The van der Waals surface area contributed by atoms with Gasteiger partial charge in [0.05, 0.1) is 38.1 Å². The SMILES string of the molecule is Cc1cc(/C=N\NC(=O)CN(c2ccc(Cl)c(C(F)(F)F)c2)S(=O)(=O)c2ccccc2)c(C)n1-c1ccccc1Cl. The fraction of sp³-hybridized carbons (Fsp3) is 0.143. The summed E-state index contributed by atoms with van der Waals surface area (Å²) in [4.78, 5) is 12.6. The van der Waals surface area contributed by atoms with Gasteiger partial charge in [-0.2, -0.15) is 18.3 Å². The maximum atomic E-state index is 13.5. The highest BCUT2D eigenvalue weighted by atomic mass is 35.5. The average Bonchev–Trinajstić information content (AvgIpc) is 3.20. The molecule has 1 amide bonds. The Morgan fingerprint density at radius 1 is 0.976 bits per heavy atom. The van der Waals surface area contributed by atoms with Crippen LogP contribution in [-0.2, 0) is 21.0 Å². The van der Waals surface area contributed by atoms with E-state index in [9.17, 15) is 26.4 Å². The molecule has 0 unspecified atom stereocenters. The molecule has 0 atom stereocenters. The first-order valence-electron chi connectivity index (χ1n) is 12.0. The van der Waals surface area contributed by atoms with E-state index in [0.717, 1.165) is 29.2 Å². The molecule has 0 spiro atoms. The van der Waals surface area contributed by atoms with Crippen molar-refractivity contribution < 1.29 is 26.4 Å². The lowest BCUT2D eigenvalue weighted by Gasteiger charge is -2.24. The Kier molecular flexibility index (Phi) is 8.81. The van der Waals surface area contributed by atoms with Crippen molar-refractivity contribution in [2.24, 2.45) is 5.10 Å². The quantitative estimate of drug-likeness (QED) is 0.174. The topological polar surface area (TPSA) is 83.8 Å². The van der Waals surface area contributed by atoms with Gasteiger partial charge in [0.2, 0.25) is 0 Å². The molecule has 0 aliphatic rings. The fourth-order valence-electron chi connectivity index (χ4n) is 4.18. The molecule has 0 saturated carbocycles. The van der Waals surface area contributed by atoms with E-state index in [2.05, 4.69) is 10.5 Å². The predicted octanol–water partition coefficient (Wildman–Crippen LogP) is 6.77. The number of aryl methyl sites for hydroxylation is 1. The Balaban J connectivity index is 1.62. The number of anilines is 1. The van der Waals surface area contributed by atoms with Gasteiger partial charge in [-0.3, -0.25) is 9.10 Å². The Bertz CT molecular complexity index is 1720. The molecule has 0 aliphatic carbocycles. The summed E-state index contributed by atoms with van der Waals surface area (Å²) in [5.74, 6) is -0.885. The highest BCUT2D eigenvalue weighted by Gasteiger charge is 2.35. The number of para-hydroxylation sites is 1. The van der Waals surface area contributed by atoms with E-state index in [0.29, 0.717) is 21.0 Å². The van der Waals surface area contributed by atoms with E-state index in [-0.39, 0.29) is 4.90 Å². The molecule has 7 nitrogen and oxygen atoms in total. The van der Waals surface area contributed by atoms with Crippen LogP contribution in [0.3, 0.4) is 0 Å². The number of rotatable bonds is 8. The Morgan fingerprint density at radius 3 is 2.29 bits per heavy atom. The largest absolute Gasteiger partial charge is 0.417 e. The van der Waals surface area contributed by atoms with Gasteiger partial charge in [-0.05, 0) is 62.4 Å². The number of carbonyl (C=O) groups is 1. The molecule has 0 fully saturated rings. The van der Waals surface area contributed by atoms with Gasteiger partial charge in [0.25, 0.3) is 15.9 Å². The van der Waals surface area contributed by atoms with Crippen molar-refractivity contribution >= 4 is 51.0 Å². The van der Waals surface area contributed by atoms with Gasteiger partial charge in [0, 0.05) is 17.0 Å². The summed E-state index contributed by atoms with van der Waals surface area (Å²) >= 11 is 12.1. The Hall–Kier alpha value is -3.80. The van der Waals surface area contributed by atoms with Crippen molar-refractivity contribution in [1.29, 1.82) is 0 Å². The summed E-state index contributed by atoms with van der Waals surface area (Å²) in [6.45, 7) is 2.86. The van der Waals surface area contributed by atoms with Gasteiger partial charge in [-0.15, -0.1) is 0 Å². The lowest BCUT2D eigenvalue weighted by atomic mass is 10.2. The molecule has 13 heteroatoms. The lowest BCUT2D eigenvalue weighted by molar-refractivity contribution is -0.137. The van der Waals surface area contributed by atoms with Crippen LogP contribution in [0.25, 0.3) is 5.69 Å². The van der Waals surface area contributed by atoms with E-state index >= 15 is 0 Å². The molecule has 0 bridgehead atoms. The van der Waals surface area contributed by atoms with Crippen LogP contribution in [-0.4, -0.2) is 31.7 Å². The molecule has 4 aromatic rings. The van der Waals surface area contributed by atoms with Crippen molar-refractivity contribution in [3.8, 4) is 5.69 Å². The molecule has 3 aromatic carbocycles. The Labute approximate surface area is 244 Å². The number of amides is 1. The third-order valence-electron chi connectivity index (χ3n) is 6.12. The molecular formula is C28H23Cl2F3N4O3S. The summed E-state index contributed by atoms with van der Waals surface area (Å²) in [6.07, 6.45) is -3.47. The minimum absolute atomic E-state index is 0.216. The summed E-state index contributed by atoms with van der Waals surface area (Å²) in [7, 11) is -4.45. The number of nitrogens with zero attached hydrogens (tertiary/aromatic N) is 3. The van der Waals surface area contributed by atoms with Gasteiger partial charge < -0.3 is 4.57 Å². The monoisotopic (exact) mass is 622 g/mol. The third-order valence-corrected chi connectivity index (χ3v) is 8.56. The summed E-state index contributed by atoms with van der Waals surface area (Å²) < 4.78 is 70.0. The highest BCUT2D eigenvalue weighted by molar-refractivity contribution is 7.92. The molecule has 1 heterocycles. The molecule has 4 rings (SSSR count). The molecular weight excluding hydrogens is 600 g/mol. The molecule has 0 saturated heterocycles. The number of sulfonamides is 1. The van der Waals surface area contributed by atoms with Crippen LogP contribution in [0.1, 0.15) is 22.5 Å². The molecule has 0 radical (unpaired) electrons. The number of benzene rings is 3. The second kappa shape index (κ2) is 12.0. The first kappa shape index (κ1) is 30.2.